The zero-order valence-corrected chi connectivity index (χ0v) is 13.0. The summed E-state index contributed by atoms with van der Waals surface area (Å²) in [6.07, 6.45) is 0.402. The zero-order valence-electron chi connectivity index (χ0n) is 12.2. The molecule has 22 heavy (non-hydrogen) atoms. The van der Waals surface area contributed by atoms with Crippen LogP contribution in [0.2, 0.25) is 0 Å². The molecule has 0 spiro atoms. The van der Waals surface area contributed by atoms with E-state index in [9.17, 15) is 9.59 Å². The molecule has 0 saturated carbocycles. The zero-order chi connectivity index (χ0) is 15.9. The average Bonchev–Trinajstić information content (AvgIpc) is 2.50. The Bertz CT molecular complexity index is 651. The Morgan fingerprint density at radius 1 is 1.05 bits per heavy atom. The van der Waals surface area contributed by atoms with Gasteiger partial charge in [-0.25, -0.2) is 4.79 Å². The predicted molar refractivity (Wildman–Crippen MR) is 88.6 cm³/mol. The number of aromatic carboxylic acids is 1. The second kappa shape index (κ2) is 7.66. The van der Waals surface area contributed by atoms with Crippen LogP contribution in [0.1, 0.15) is 22.3 Å². The van der Waals surface area contributed by atoms with Crippen molar-refractivity contribution < 1.29 is 14.7 Å². The van der Waals surface area contributed by atoms with Crippen molar-refractivity contribution in [2.75, 3.05) is 11.1 Å². The summed E-state index contributed by atoms with van der Waals surface area (Å²) in [5, 5.41) is 11.6. The Kier molecular flexibility index (Phi) is 5.61. The van der Waals surface area contributed by atoms with Crippen molar-refractivity contribution in [3.63, 3.8) is 0 Å². The highest BCUT2D eigenvalue weighted by Crippen LogP contribution is 2.19. The summed E-state index contributed by atoms with van der Waals surface area (Å²) in [6, 6.07) is 14.3. The molecule has 5 heteroatoms. The molecule has 2 rings (SSSR count). The molecule has 2 aromatic carbocycles. The molecule has 1 amide bonds. The number of thioether (sulfide) groups is 1. The fourth-order valence-corrected chi connectivity index (χ4v) is 2.67. The van der Waals surface area contributed by atoms with E-state index < -0.39 is 5.97 Å². The molecule has 0 aliphatic heterocycles. The molecule has 0 aliphatic carbocycles. The lowest BCUT2D eigenvalue weighted by molar-refractivity contribution is -0.115. The van der Waals surface area contributed by atoms with E-state index in [1.54, 1.807) is 23.9 Å². The highest BCUT2D eigenvalue weighted by molar-refractivity contribution is 7.99. The molecule has 0 radical (unpaired) electrons. The first kappa shape index (κ1) is 16.1. The topological polar surface area (TPSA) is 66.4 Å². The van der Waals surface area contributed by atoms with Crippen molar-refractivity contribution >= 4 is 29.3 Å². The van der Waals surface area contributed by atoms with E-state index in [1.165, 1.54) is 17.7 Å². The second-order valence-corrected chi connectivity index (χ2v) is 6.01. The first-order chi connectivity index (χ1) is 10.5. The maximum atomic E-state index is 11.8. The van der Waals surface area contributed by atoms with E-state index in [-0.39, 0.29) is 11.5 Å². The third-order valence-electron chi connectivity index (χ3n) is 3.03. The fourth-order valence-electron chi connectivity index (χ4n) is 1.82. The molecule has 0 atom stereocenters. The van der Waals surface area contributed by atoms with Gasteiger partial charge >= 0.3 is 5.97 Å². The third-order valence-corrected chi connectivity index (χ3v) is 4.05. The van der Waals surface area contributed by atoms with Gasteiger partial charge in [0.05, 0.1) is 5.56 Å². The van der Waals surface area contributed by atoms with Gasteiger partial charge < -0.3 is 10.4 Å². The molecule has 2 N–H and O–H groups in total. The van der Waals surface area contributed by atoms with Gasteiger partial charge in [0.25, 0.3) is 0 Å². The molecule has 0 aliphatic rings. The number of anilines is 1. The summed E-state index contributed by atoms with van der Waals surface area (Å²) in [5.41, 5.74) is 2.02. The Morgan fingerprint density at radius 3 is 2.27 bits per heavy atom. The van der Waals surface area contributed by atoms with E-state index in [1.807, 2.05) is 31.2 Å². The van der Waals surface area contributed by atoms with E-state index >= 15 is 0 Å². The van der Waals surface area contributed by atoms with Crippen LogP contribution in [0.4, 0.5) is 5.69 Å². The Balaban J connectivity index is 1.77. The van der Waals surface area contributed by atoms with Crippen molar-refractivity contribution in [2.45, 2.75) is 18.2 Å². The number of carbonyl (C=O) groups is 2. The van der Waals surface area contributed by atoms with Gasteiger partial charge in [-0.1, -0.05) is 17.7 Å². The minimum absolute atomic E-state index is 0.0808. The molecule has 0 heterocycles. The number of rotatable bonds is 6. The Hall–Kier alpha value is -2.27. The number of carbonyl (C=O) groups excluding carboxylic acids is 1. The Morgan fingerprint density at radius 2 is 1.68 bits per heavy atom. The van der Waals surface area contributed by atoms with Crippen LogP contribution in [0.25, 0.3) is 0 Å². The SMILES string of the molecule is Cc1ccc(SCCC(=O)Nc2ccc(C(=O)O)cc2)cc1. The van der Waals surface area contributed by atoms with Crippen LogP contribution >= 0.6 is 11.8 Å². The fraction of sp³-hybridized carbons (Fsp3) is 0.176. The summed E-state index contributed by atoms with van der Waals surface area (Å²) in [6.45, 7) is 2.04. The summed E-state index contributed by atoms with van der Waals surface area (Å²) in [5.74, 6) is -0.364. The number of carboxylic acids is 1. The largest absolute Gasteiger partial charge is 0.478 e. The van der Waals surface area contributed by atoms with Gasteiger partial charge in [-0.3, -0.25) is 4.79 Å². The molecule has 0 saturated heterocycles. The number of amides is 1. The second-order valence-electron chi connectivity index (χ2n) is 4.84. The lowest BCUT2D eigenvalue weighted by Crippen LogP contribution is -2.12. The van der Waals surface area contributed by atoms with Crippen molar-refractivity contribution in [1.29, 1.82) is 0 Å². The monoisotopic (exact) mass is 315 g/mol. The number of carboxylic acid groups (broad SMARTS) is 1. The van der Waals surface area contributed by atoms with E-state index in [0.29, 0.717) is 17.9 Å². The van der Waals surface area contributed by atoms with Crippen LogP contribution < -0.4 is 5.32 Å². The summed E-state index contributed by atoms with van der Waals surface area (Å²) >= 11 is 1.64. The molecular weight excluding hydrogens is 298 g/mol. The van der Waals surface area contributed by atoms with Gasteiger partial charge in [0, 0.05) is 22.8 Å². The van der Waals surface area contributed by atoms with Crippen LogP contribution in [0.15, 0.2) is 53.4 Å². The van der Waals surface area contributed by atoms with Gasteiger partial charge in [0.2, 0.25) is 5.91 Å². The minimum Gasteiger partial charge on any atom is -0.478 e. The molecule has 0 unspecified atom stereocenters. The lowest BCUT2D eigenvalue weighted by Gasteiger charge is -2.06. The van der Waals surface area contributed by atoms with Gasteiger partial charge in [0.1, 0.15) is 0 Å². The van der Waals surface area contributed by atoms with Gasteiger partial charge in [-0.2, -0.15) is 0 Å². The van der Waals surface area contributed by atoms with Crippen LogP contribution in [0.5, 0.6) is 0 Å². The molecule has 114 valence electrons. The molecule has 2 aromatic rings. The number of benzene rings is 2. The molecule has 4 nitrogen and oxygen atoms in total. The number of hydrogen-bond acceptors (Lipinski definition) is 3. The summed E-state index contributed by atoms with van der Waals surface area (Å²) in [4.78, 5) is 23.7. The molecule has 0 fully saturated rings. The maximum Gasteiger partial charge on any atom is 0.335 e. The van der Waals surface area contributed by atoms with Crippen LogP contribution in [-0.2, 0) is 4.79 Å². The Labute approximate surface area is 133 Å². The van der Waals surface area contributed by atoms with Crippen molar-refractivity contribution in [3.05, 3.63) is 59.7 Å². The number of aryl methyl sites for hydroxylation is 1. The summed E-state index contributed by atoms with van der Waals surface area (Å²) in [7, 11) is 0. The lowest BCUT2D eigenvalue weighted by atomic mass is 10.2. The van der Waals surface area contributed by atoms with Crippen LogP contribution in [0.3, 0.4) is 0 Å². The first-order valence-electron chi connectivity index (χ1n) is 6.87. The third kappa shape index (κ3) is 4.93. The average molecular weight is 315 g/mol. The highest BCUT2D eigenvalue weighted by Gasteiger charge is 2.05. The number of nitrogens with one attached hydrogen (secondary N) is 1. The van der Waals surface area contributed by atoms with E-state index in [0.717, 1.165) is 4.90 Å². The molecule has 0 aromatic heterocycles. The first-order valence-corrected chi connectivity index (χ1v) is 7.86. The van der Waals surface area contributed by atoms with Crippen molar-refractivity contribution in [2.24, 2.45) is 0 Å². The van der Waals surface area contributed by atoms with E-state index in [4.69, 9.17) is 5.11 Å². The van der Waals surface area contributed by atoms with Gasteiger partial charge in [-0.05, 0) is 43.3 Å². The molecule has 0 bridgehead atoms. The summed E-state index contributed by atoms with van der Waals surface area (Å²) < 4.78 is 0. The maximum absolute atomic E-state index is 11.8. The highest BCUT2D eigenvalue weighted by atomic mass is 32.2. The molecular formula is C17H17NO3S. The standard InChI is InChI=1S/C17H17NO3S/c1-12-2-8-15(9-3-12)22-11-10-16(19)18-14-6-4-13(5-7-14)17(20)21/h2-9H,10-11H2,1H3,(H,18,19)(H,20,21). The van der Waals surface area contributed by atoms with Crippen molar-refractivity contribution in [3.8, 4) is 0 Å². The normalized spacial score (nSPS) is 10.2. The minimum atomic E-state index is -0.979. The van der Waals surface area contributed by atoms with Crippen LogP contribution in [0, 0.1) is 6.92 Å². The van der Waals surface area contributed by atoms with Crippen LogP contribution in [-0.4, -0.2) is 22.7 Å². The number of hydrogen-bond donors (Lipinski definition) is 2. The van der Waals surface area contributed by atoms with Gasteiger partial charge in [0.15, 0.2) is 0 Å². The smallest absolute Gasteiger partial charge is 0.335 e. The quantitative estimate of drug-likeness (QED) is 0.795. The predicted octanol–water partition coefficient (Wildman–Crippen LogP) is 3.81. The van der Waals surface area contributed by atoms with Crippen molar-refractivity contribution in [1.82, 2.24) is 0 Å². The van der Waals surface area contributed by atoms with Gasteiger partial charge in [-0.15, -0.1) is 11.8 Å². The van der Waals surface area contributed by atoms with E-state index in [2.05, 4.69) is 5.32 Å².